The molecule has 2 heterocycles. The Labute approximate surface area is 126 Å². The molecular formula is C14H7BrF2N4. The fourth-order valence-corrected chi connectivity index (χ4v) is 2.33. The van der Waals surface area contributed by atoms with E-state index in [9.17, 15) is 14.0 Å². The first kappa shape index (κ1) is 13.6. The van der Waals surface area contributed by atoms with Crippen molar-refractivity contribution in [3.05, 3.63) is 52.4 Å². The van der Waals surface area contributed by atoms with Crippen molar-refractivity contribution in [2.24, 2.45) is 0 Å². The Morgan fingerprint density at radius 2 is 2.05 bits per heavy atom. The van der Waals surface area contributed by atoms with Crippen LogP contribution in [0.5, 0.6) is 0 Å². The maximum atomic E-state index is 12.9. The number of nitrogens with zero attached hydrogens (tertiary/aromatic N) is 4. The van der Waals surface area contributed by atoms with Crippen molar-refractivity contribution in [3.63, 3.8) is 0 Å². The number of aromatic nitrogens is 3. The average Bonchev–Trinajstić information content (AvgIpc) is 2.89. The Balaban J connectivity index is 2.29. The maximum Gasteiger partial charge on any atom is 0.263 e. The van der Waals surface area contributed by atoms with Crippen LogP contribution in [0.4, 0.5) is 8.78 Å². The average molecular weight is 349 g/mol. The molecule has 3 aromatic rings. The zero-order valence-electron chi connectivity index (χ0n) is 10.5. The number of halogens is 3. The number of hydrogen-bond acceptors (Lipinski definition) is 3. The number of benzene rings is 1. The predicted molar refractivity (Wildman–Crippen MR) is 76.2 cm³/mol. The molecular weight excluding hydrogens is 342 g/mol. The fraction of sp³-hybridized carbons (Fsp3) is 0.0714. The third kappa shape index (κ3) is 2.38. The molecule has 0 atom stereocenters. The van der Waals surface area contributed by atoms with Gasteiger partial charge in [-0.3, -0.25) is 4.57 Å². The van der Waals surface area contributed by atoms with E-state index in [0.717, 1.165) is 0 Å². The number of hydrogen-bond donors (Lipinski definition) is 0. The normalized spacial score (nSPS) is 11.0. The van der Waals surface area contributed by atoms with Gasteiger partial charge in [0.2, 0.25) is 0 Å². The number of pyridine rings is 1. The van der Waals surface area contributed by atoms with Gasteiger partial charge in [-0.1, -0.05) is 6.07 Å². The zero-order chi connectivity index (χ0) is 15.0. The van der Waals surface area contributed by atoms with E-state index in [4.69, 9.17) is 0 Å². The molecule has 0 aliphatic rings. The molecule has 0 aliphatic carbocycles. The minimum absolute atomic E-state index is 0.152. The van der Waals surface area contributed by atoms with Gasteiger partial charge in [-0.2, -0.15) is 5.26 Å². The smallest absolute Gasteiger partial charge is 0.263 e. The standard InChI is InChI=1S/C14H7BrF2N4/c15-12-4-3-10-14(20-12)21(7-19-10)11-5-8(13(16)17)1-2-9(11)6-18/h1-5,7,13H. The third-order valence-corrected chi connectivity index (χ3v) is 3.46. The molecule has 21 heavy (non-hydrogen) atoms. The highest BCUT2D eigenvalue weighted by Crippen LogP contribution is 2.26. The summed E-state index contributed by atoms with van der Waals surface area (Å²) in [4.78, 5) is 8.45. The monoisotopic (exact) mass is 348 g/mol. The molecule has 0 unspecified atom stereocenters. The molecule has 0 bridgehead atoms. The van der Waals surface area contributed by atoms with Crippen molar-refractivity contribution in [3.8, 4) is 11.8 Å². The Morgan fingerprint density at radius 3 is 2.76 bits per heavy atom. The van der Waals surface area contributed by atoms with Gasteiger partial charge in [0.05, 0.1) is 11.3 Å². The minimum atomic E-state index is -2.61. The molecule has 0 spiro atoms. The van der Waals surface area contributed by atoms with Gasteiger partial charge in [-0.25, -0.2) is 18.7 Å². The summed E-state index contributed by atoms with van der Waals surface area (Å²) in [6.45, 7) is 0. The summed E-state index contributed by atoms with van der Waals surface area (Å²) < 4.78 is 27.9. The van der Waals surface area contributed by atoms with Crippen molar-refractivity contribution >= 4 is 27.1 Å². The molecule has 0 N–H and O–H groups in total. The first-order chi connectivity index (χ1) is 10.1. The van der Waals surface area contributed by atoms with Crippen LogP contribution in [0.3, 0.4) is 0 Å². The van der Waals surface area contributed by atoms with E-state index in [0.29, 0.717) is 21.5 Å². The highest BCUT2D eigenvalue weighted by Gasteiger charge is 2.14. The number of fused-ring (bicyclic) bond motifs is 1. The molecule has 7 heteroatoms. The number of imidazole rings is 1. The van der Waals surface area contributed by atoms with Gasteiger partial charge < -0.3 is 0 Å². The topological polar surface area (TPSA) is 54.5 Å². The van der Waals surface area contributed by atoms with Crippen LogP contribution in [-0.4, -0.2) is 14.5 Å². The second-order valence-electron chi connectivity index (χ2n) is 4.28. The Kier molecular flexibility index (Phi) is 3.39. The van der Waals surface area contributed by atoms with Crippen molar-refractivity contribution in [2.75, 3.05) is 0 Å². The van der Waals surface area contributed by atoms with Crippen LogP contribution in [0.2, 0.25) is 0 Å². The molecule has 104 valence electrons. The summed E-state index contributed by atoms with van der Waals surface area (Å²) in [5.41, 5.74) is 1.57. The van der Waals surface area contributed by atoms with Crippen LogP contribution in [0.25, 0.3) is 16.9 Å². The summed E-state index contributed by atoms with van der Waals surface area (Å²) in [6.07, 6.45) is -1.14. The highest BCUT2D eigenvalue weighted by molar-refractivity contribution is 9.10. The van der Waals surface area contributed by atoms with E-state index in [1.54, 1.807) is 12.1 Å². The Morgan fingerprint density at radius 1 is 1.24 bits per heavy atom. The van der Waals surface area contributed by atoms with Crippen LogP contribution in [0.1, 0.15) is 17.6 Å². The van der Waals surface area contributed by atoms with Crippen molar-refractivity contribution in [2.45, 2.75) is 6.43 Å². The molecule has 0 aliphatic heterocycles. The zero-order valence-corrected chi connectivity index (χ0v) is 12.1. The second kappa shape index (κ2) is 5.22. The minimum Gasteiger partial charge on any atom is -0.282 e. The van der Waals surface area contributed by atoms with E-state index in [1.807, 2.05) is 6.07 Å². The van der Waals surface area contributed by atoms with Crippen molar-refractivity contribution in [1.82, 2.24) is 14.5 Å². The van der Waals surface area contributed by atoms with E-state index in [2.05, 4.69) is 25.9 Å². The summed E-state index contributed by atoms with van der Waals surface area (Å²) in [6, 6.07) is 9.39. The number of alkyl halides is 2. The molecule has 0 saturated carbocycles. The fourth-order valence-electron chi connectivity index (χ4n) is 2.03. The number of nitriles is 1. The molecule has 0 fully saturated rings. The van der Waals surface area contributed by atoms with Gasteiger partial charge >= 0.3 is 0 Å². The molecule has 0 radical (unpaired) electrons. The first-order valence-corrected chi connectivity index (χ1v) is 6.71. The molecule has 1 aromatic carbocycles. The van der Waals surface area contributed by atoms with Gasteiger partial charge in [0, 0.05) is 5.56 Å². The molecule has 4 nitrogen and oxygen atoms in total. The molecule has 3 rings (SSSR count). The van der Waals surface area contributed by atoms with E-state index < -0.39 is 6.43 Å². The van der Waals surface area contributed by atoms with Crippen LogP contribution < -0.4 is 0 Å². The summed E-state index contributed by atoms with van der Waals surface area (Å²) in [5, 5.41) is 9.17. The van der Waals surface area contributed by atoms with Crippen molar-refractivity contribution < 1.29 is 8.78 Å². The van der Waals surface area contributed by atoms with Gasteiger partial charge in [-0.15, -0.1) is 0 Å². The van der Waals surface area contributed by atoms with Gasteiger partial charge in [-0.05, 0) is 40.2 Å². The first-order valence-electron chi connectivity index (χ1n) is 5.92. The highest BCUT2D eigenvalue weighted by atomic mass is 79.9. The maximum absolute atomic E-state index is 12.9. The van der Waals surface area contributed by atoms with Crippen molar-refractivity contribution in [1.29, 1.82) is 5.26 Å². The Bertz CT molecular complexity index is 867. The summed E-state index contributed by atoms with van der Waals surface area (Å²) >= 11 is 3.26. The van der Waals surface area contributed by atoms with E-state index >= 15 is 0 Å². The van der Waals surface area contributed by atoms with Crippen LogP contribution in [-0.2, 0) is 0 Å². The Hall–Kier alpha value is -2.33. The SMILES string of the molecule is N#Cc1ccc(C(F)F)cc1-n1cnc2ccc(Br)nc21. The third-order valence-electron chi connectivity index (χ3n) is 3.01. The second-order valence-corrected chi connectivity index (χ2v) is 5.09. The van der Waals surface area contributed by atoms with E-state index in [-0.39, 0.29) is 11.1 Å². The predicted octanol–water partition coefficient (Wildman–Crippen LogP) is 3.99. The lowest BCUT2D eigenvalue weighted by Crippen LogP contribution is -1.99. The van der Waals surface area contributed by atoms with Gasteiger partial charge in [0.15, 0.2) is 5.65 Å². The molecule has 0 amide bonds. The summed E-state index contributed by atoms with van der Waals surface area (Å²) in [5.74, 6) is 0. The van der Waals surface area contributed by atoms with Crippen LogP contribution >= 0.6 is 15.9 Å². The van der Waals surface area contributed by atoms with Gasteiger partial charge in [0.25, 0.3) is 6.43 Å². The lowest BCUT2D eigenvalue weighted by molar-refractivity contribution is 0.151. The molecule has 0 saturated heterocycles. The molecule has 2 aromatic heterocycles. The number of rotatable bonds is 2. The quantitative estimate of drug-likeness (QED) is 0.658. The largest absolute Gasteiger partial charge is 0.282 e. The lowest BCUT2D eigenvalue weighted by Gasteiger charge is -2.08. The lowest BCUT2D eigenvalue weighted by atomic mass is 10.1. The van der Waals surface area contributed by atoms with E-state index in [1.165, 1.54) is 29.1 Å². The van der Waals surface area contributed by atoms with Crippen LogP contribution in [0.15, 0.2) is 41.3 Å². The summed E-state index contributed by atoms with van der Waals surface area (Å²) in [7, 11) is 0. The van der Waals surface area contributed by atoms with Gasteiger partial charge in [0.1, 0.15) is 22.5 Å². The van der Waals surface area contributed by atoms with Crippen LogP contribution in [0, 0.1) is 11.3 Å².